The number of hydrogen-bond donors (Lipinski definition) is 1. The SMILES string of the molecule is C=CCC(C[C@@H](NC(=O)OC(C)(C)C)C(=O)OC)C(=O)OC. The van der Waals surface area contributed by atoms with Gasteiger partial charge in [0.1, 0.15) is 11.6 Å². The number of ether oxygens (including phenoxy) is 3. The molecule has 7 nitrogen and oxygen atoms in total. The van der Waals surface area contributed by atoms with Gasteiger partial charge in [0.25, 0.3) is 0 Å². The topological polar surface area (TPSA) is 90.9 Å². The Labute approximate surface area is 131 Å². The van der Waals surface area contributed by atoms with Crippen LogP contribution in [0, 0.1) is 5.92 Å². The zero-order valence-corrected chi connectivity index (χ0v) is 13.8. The van der Waals surface area contributed by atoms with Gasteiger partial charge >= 0.3 is 18.0 Å². The molecule has 7 heteroatoms. The molecule has 0 aliphatic heterocycles. The predicted molar refractivity (Wildman–Crippen MR) is 80.1 cm³/mol. The molecule has 0 aliphatic carbocycles. The molecular weight excluding hydrogens is 290 g/mol. The van der Waals surface area contributed by atoms with Crippen molar-refractivity contribution in [3.63, 3.8) is 0 Å². The van der Waals surface area contributed by atoms with Gasteiger partial charge in [-0.15, -0.1) is 6.58 Å². The van der Waals surface area contributed by atoms with E-state index in [1.807, 2.05) is 0 Å². The van der Waals surface area contributed by atoms with Crippen LogP contribution < -0.4 is 5.32 Å². The number of hydrogen-bond acceptors (Lipinski definition) is 6. The third-order valence-corrected chi connectivity index (χ3v) is 2.68. The second kappa shape index (κ2) is 9.07. The minimum absolute atomic E-state index is 0.0324. The summed E-state index contributed by atoms with van der Waals surface area (Å²) in [5.41, 5.74) is -0.701. The van der Waals surface area contributed by atoms with Gasteiger partial charge in [-0.05, 0) is 33.6 Å². The van der Waals surface area contributed by atoms with Crippen LogP contribution in [-0.2, 0) is 23.8 Å². The van der Waals surface area contributed by atoms with Crippen molar-refractivity contribution in [2.75, 3.05) is 14.2 Å². The molecule has 1 N–H and O–H groups in total. The highest BCUT2D eigenvalue weighted by molar-refractivity contribution is 5.82. The molecule has 0 fully saturated rings. The van der Waals surface area contributed by atoms with Crippen molar-refractivity contribution >= 4 is 18.0 Å². The second-order valence-corrected chi connectivity index (χ2v) is 5.70. The summed E-state index contributed by atoms with van der Waals surface area (Å²) in [7, 11) is 2.46. The van der Waals surface area contributed by atoms with Crippen molar-refractivity contribution in [3.05, 3.63) is 12.7 Å². The van der Waals surface area contributed by atoms with Crippen LogP contribution in [0.1, 0.15) is 33.6 Å². The van der Waals surface area contributed by atoms with Crippen molar-refractivity contribution in [2.45, 2.75) is 45.3 Å². The highest BCUT2D eigenvalue weighted by atomic mass is 16.6. The molecule has 2 atom stereocenters. The summed E-state index contributed by atoms with van der Waals surface area (Å²) in [4.78, 5) is 35.3. The zero-order valence-electron chi connectivity index (χ0n) is 13.8. The highest BCUT2D eigenvalue weighted by Gasteiger charge is 2.30. The maximum atomic E-state index is 11.8. The van der Waals surface area contributed by atoms with Crippen molar-refractivity contribution in [1.29, 1.82) is 0 Å². The molecule has 0 aromatic carbocycles. The van der Waals surface area contributed by atoms with Gasteiger partial charge in [-0.3, -0.25) is 4.79 Å². The summed E-state index contributed by atoms with van der Waals surface area (Å²) in [6, 6.07) is -1.01. The van der Waals surface area contributed by atoms with Crippen LogP contribution in [0.2, 0.25) is 0 Å². The van der Waals surface area contributed by atoms with Crippen molar-refractivity contribution in [3.8, 4) is 0 Å². The average molecular weight is 315 g/mol. The molecule has 0 saturated heterocycles. The fourth-order valence-electron chi connectivity index (χ4n) is 1.75. The first-order valence-electron chi connectivity index (χ1n) is 6.90. The van der Waals surface area contributed by atoms with Gasteiger partial charge in [0.15, 0.2) is 0 Å². The van der Waals surface area contributed by atoms with Gasteiger partial charge in [0.05, 0.1) is 20.1 Å². The Morgan fingerprint density at radius 1 is 1.14 bits per heavy atom. The van der Waals surface area contributed by atoms with E-state index < -0.39 is 35.6 Å². The van der Waals surface area contributed by atoms with Gasteiger partial charge in [-0.1, -0.05) is 6.08 Å². The van der Waals surface area contributed by atoms with Crippen molar-refractivity contribution in [2.24, 2.45) is 5.92 Å². The van der Waals surface area contributed by atoms with Gasteiger partial charge in [-0.25, -0.2) is 9.59 Å². The van der Waals surface area contributed by atoms with Crippen LogP contribution in [0.5, 0.6) is 0 Å². The van der Waals surface area contributed by atoms with Crippen LogP contribution in [0.4, 0.5) is 4.79 Å². The molecule has 0 aromatic heterocycles. The molecule has 0 aliphatic rings. The lowest BCUT2D eigenvalue weighted by Gasteiger charge is -2.24. The molecule has 0 saturated carbocycles. The number of carbonyl (C=O) groups is 3. The molecule has 126 valence electrons. The summed E-state index contributed by atoms with van der Waals surface area (Å²) in [5.74, 6) is -1.76. The highest BCUT2D eigenvalue weighted by Crippen LogP contribution is 2.16. The van der Waals surface area contributed by atoms with Gasteiger partial charge < -0.3 is 19.5 Å². The minimum Gasteiger partial charge on any atom is -0.469 e. The number of methoxy groups -OCH3 is 2. The Bertz CT molecular complexity index is 413. The number of rotatable bonds is 7. The van der Waals surface area contributed by atoms with E-state index in [9.17, 15) is 14.4 Å². The van der Waals surface area contributed by atoms with E-state index in [4.69, 9.17) is 4.74 Å². The standard InChI is InChI=1S/C15H25NO6/c1-7-8-10(12(17)20-5)9-11(13(18)21-6)16-14(19)22-15(2,3)4/h7,10-11H,1,8-9H2,2-6H3,(H,16,19)/t10?,11-/m1/s1. The fourth-order valence-corrected chi connectivity index (χ4v) is 1.75. The molecule has 0 aromatic rings. The first-order chi connectivity index (χ1) is 10.1. The average Bonchev–Trinajstić information content (AvgIpc) is 2.42. The summed E-state index contributed by atoms with van der Waals surface area (Å²) in [6.07, 6.45) is 1.13. The normalized spacial score (nSPS) is 13.5. The lowest BCUT2D eigenvalue weighted by molar-refractivity contribution is -0.148. The zero-order chi connectivity index (χ0) is 17.3. The number of carbonyl (C=O) groups excluding carboxylic acids is 3. The number of esters is 2. The Hall–Kier alpha value is -2.05. The second-order valence-electron chi connectivity index (χ2n) is 5.70. The first-order valence-corrected chi connectivity index (χ1v) is 6.90. The number of nitrogens with one attached hydrogen (secondary N) is 1. The largest absolute Gasteiger partial charge is 0.469 e. The van der Waals surface area contributed by atoms with E-state index in [0.29, 0.717) is 6.42 Å². The van der Waals surface area contributed by atoms with Crippen LogP contribution in [-0.4, -0.2) is 43.9 Å². The Morgan fingerprint density at radius 3 is 2.09 bits per heavy atom. The maximum absolute atomic E-state index is 11.8. The Morgan fingerprint density at radius 2 is 1.68 bits per heavy atom. The maximum Gasteiger partial charge on any atom is 0.408 e. The van der Waals surface area contributed by atoms with E-state index >= 15 is 0 Å². The molecular formula is C15H25NO6. The molecule has 0 heterocycles. The van der Waals surface area contributed by atoms with Crippen LogP contribution in [0.3, 0.4) is 0 Å². The first kappa shape index (κ1) is 19.9. The molecule has 0 rings (SSSR count). The van der Waals surface area contributed by atoms with E-state index in [2.05, 4.69) is 21.4 Å². The lowest BCUT2D eigenvalue weighted by atomic mass is 9.96. The summed E-state index contributed by atoms with van der Waals surface area (Å²) in [5, 5.41) is 2.41. The summed E-state index contributed by atoms with van der Waals surface area (Å²) < 4.78 is 14.4. The number of amides is 1. The molecule has 1 amide bonds. The molecule has 0 spiro atoms. The lowest BCUT2D eigenvalue weighted by Crippen LogP contribution is -2.45. The fraction of sp³-hybridized carbons (Fsp3) is 0.667. The quantitative estimate of drug-likeness (QED) is 0.438. The van der Waals surface area contributed by atoms with E-state index in [1.165, 1.54) is 14.2 Å². The smallest absolute Gasteiger partial charge is 0.408 e. The Kier molecular flexibility index (Phi) is 8.22. The van der Waals surface area contributed by atoms with E-state index in [0.717, 1.165) is 0 Å². The summed E-state index contributed by atoms with van der Waals surface area (Å²) in [6.45, 7) is 8.67. The van der Waals surface area contributed by atoms with Crippen LogP contribution >= 0.6 is 0 Å². The number of alkyl carbamates (subject to hydrolysis) is 1. The van der Waals surface area contributed by atoms with Crippen molar-refractivity contribution < 1.29 is 28.6 Å². The molecule has 0 radical (unpaired) electrons. The van der Waals surface area contributed by atoms with E-state index in [1.54, 1.807) is 26.8 Å². The predicted octanol–water partition coefficient (Wildman–Crippen LogP) is 1.81. The third-order valence-electron chi connectivity index (χ3n) is 2.68. The third kappa shape index (κ3) is 7.66. The van der Waals surface area contributed by atoms with Crippen LogP contribution in [0.25, 0.3) is 0 Å². The molecule has 0 bridgehead atoms. The number of allylic oxidation sites excluding steroid dienone is 1. The molecule has 1 unspecified atom stereocenters. The van der Waals surface area contributed by atoms with Crippen molar-refractivity contribution in [1.82, 2.24) is 5.32 Å². The molecule has 22 heavy (non-hydrogen) atoms. The van der Waals surface area contributed by atoms with Gasteiger partial charge in [-0.2, -0.15) is 0 Å². The van der Waals surface area contributed by atoms with E-state index in [-0.39, 0.29) is 6.42 Å². The Balaban J connectivity index is 4.96. The van der Waals surface area contributed by atoms with Crippen LogP contribution in [0.15, 0.2) is 12.7 Å². The summed E-state index contributed by atoms with van der Waals surface area (Å²) >= 11 is 0. The minimum atomic E-state index is -1.01. The van der Waals surface area contributed by atoms with Gasteiger partial charge in [0.2, 0.25) is 0 Å². The van der Waals surface area contributed by atoms with Gasteiger partial charge in [0, 0.05) is 0 Å². The monoisotopic (exact) mass is 315 g/mol.